The van der Waals surface area contributed by atoms with Gasteiger partial charge in [-0.2, -0.15) is 0 Å². The van der Waals surface area contributed by atoms with Crippen molar-refractivity contribution in [3.05, 3.63) is 0 Å². The van der Waals surface area contributed by atoms with Crippen LogP contribution in [0.2, 0.25) is 0 Å². The second-order valence-corrected chi connectivity index (χ2v) is 5.62. The molecule has 0 aromatic carbocycles. The summed E-state index contributed by atoms with van der Waals surface area (Å²) in [5.41, 5.74) is 6.61. The minimum absolute atomic E-state index is 0.263. The van der Waals surface area contributed by atoms with E-state index in [0.29, 0.717) is 5.41 Å². The van der Waals surface area contributed by atoms with E-state index < -0.39 is 0 Å². The zero-order valence-corrected chi connectivity index (χ0v) is 9.51. The molecule has 0 aromatic heterocycles. The molecule has 0 atom stereocenters. The average molecular weight is 195 g/mol. The molecule has 1 aliphatic heterocycles. The summed E-state index contributed by atoms with van der Waals surface area (Å²) in [7, 11) is 2.09. The standard InChI is InChI=1S/C11H21N3/c1-10(2)4-6-11(7-5-10)8-13-9(12)14(11)3/h4-8H2,1-3H3,(H2,12,13). The molecule has 2 aliphatic rings. The first-order valence-electron chi connectivity index (χ1n) is 5.49. The largest absolute Gasteiger partial charge is 0.370 e. The quantitative estimate of drug-likeness (QED) is 0.637. The van der Waals surface area contributed by atoms with Crippen molar-refractivity contribution < 1.29 is 0 Å². The smallest absolute Gasteiger partial charge is 0.191 e. The SMILES string of the molecule is CN1C(N)=NCC12CCC(C)(C)CC2. The highest BCUT2D eigenvalue weighted by Crippen LogP contribution is 2.44. The number of nitrogens with two attached hydrogens (primary N) is 1. The number of rotatable bonds is 0. The summed E-state index contributed by atoms with van der Waals surface area (Å²) in [5.74, 6) is 0.727. The molecule has 3 nitrogen and oxygen atoms in total. The van der Waals surface area contributed by atoms with Crippen LogP contribution in [0.25, 0.3) is 0 Å². The highest BCUT2D eigenvalue weighted by atomic mass is 15.3. The van der Waals surface area contributed by atoms with Gasteiger partial charge in [-0.15, -0.1) is 0 Å². The first-order chi connectivity index (χ1) is 6.45. The van der Waals surface area contributed by atoms with Gasteiger partial charge in [0.2, 0.25) is 0 Å². The number of hydrogen-bond donors (Lipinski definition) is 1. The molecule has 2 rings (SSSR count). The molecule has 1 spiro atoms. The van der Waals surface area contributed by atoms with E-state index in [4.69, 9.17) is 5.73 Å². The molecule has 0 bridgehead atoms. The maximum absolute atomic E-state index is 5.83. The van der Waals surface area contributed by atoms with Gasteiger partial charge >= 0.3 is 0 Å². The lowest BCUT2D eigenvalue weighted by atomic mass is 9.69. The van der Waals surface area contributed by atoms with Gasteiger partial charge in [-0.05, 0) is 31.1 Å². The van der Waals surface area contributed by atoms with Crippen LogP contribution in [0.1, 0.15) is 39.5 Å². The van der Waals surface area contributed by atoms with E-state index in [-0.39, 0.29) is 5.54 Å². The van der Waals surface area contributed by atoms with Gasteiger partial charge < -0.3 is 10.6 Å². The molecule has 1 aliphatic carbocycles. The first-order valence-corrected chi connectivity index (χ1v) is 5.49. The third-order valence-electron chi connectivity index (χ3n) is 4.12. The molecule has 1 heterocycles. The van der Waals surface area contributed by atoms with E-state index in [1.54, 1.807) is 0 Å². The zero-order chi connectivity index (χ0) is 10.4. The molecule has 2 N–H and O–H groups in total. The van der Waals surface area contributed by atoms with E-state index in [2.05, 4.69) is 30.8 Å². The maximum atomic E-state index is 5.83. The van der Waals surface area contributed by atoms with Crippen LogP contribution in [-0.2, 0) is 0 Å². The van der Waals surface area contributed by atoms with E-state index in [9.17, 15) is 0 Å². The van der Waals surface area contributed by atoms with Gasteiger partial charge in [0.15, 0.2) is 5.96 Å². The maximum Gasteiger partial charge on any atom is 0.191 e. The average Bonchev–Trinajstić information content (AvgIpc) is 2.40. The molecule has 14 heavy (non-hydrogen) atoms. The van der Waals surface area contributed by atoms with Crippen molar-refractivity contribution in [2.75, 3.05) is 13.6 Å². The summed E-state index contributed by atoms with van der Waals surface area (Å²) in [5, 5.41) is 0. The molecule has 0 aromatic rings. The summed E-state index contributed by atoms with van der Waals surface area (Å²) in [6.07, 6.45) is 5.06. The van der Waals surface area contributed by atoms with Crippen LogP contribution in [0.3, 0.4) is 0 Å². The fraction of sp³-hybridized carbons (Fsp3) is 0.909. The van der Waals surface area contributed by atoms with Crippen molar-refractivity contribution >= 4 is 5.96 Å². The van der Waals surface area contributed by atoms with Crippen LogP contribution in [0, 0.1) is 5.41 Å². The molecule has 80 valence electrons. The Morgan fingerprint density at radius 3 is 2.21 bits per heavy atom. The molecular weight excluding hydrogens is 174 g/mol. The molecule has 0 radical (unpaired) electrons. The Labute approximate surface area is 86.4 Å². The summed E-state index contributed by atoms with van der Waals surface area (Å²) in [6.45, 7) is 5.63. The van der Waals surface area contributed by atoms with Crippen LogP contribution in [0.15, 0.2) is 4.99 Å². The number of hydrogen-bond acceptors (Lipinski definition) is 3. The monoisotopic (exact) mass is 195 g/mol. The van der Waals surface area contributed by atoms with Crippen molar-refractivity contribution in [2.24, 2.45) is 16.1 Å². The highest BCUT2D eigenvalue weighted by Gasteiger charge is 2.44. The minimum Gasteiger partial charge on any atom is -0.370 e. The molecule has 1 fully saturated rings. The summed E-state index contributed by atoms with van der Waals surface area (Å²) in [6, 6.07) is 0. The van der Waals surface area contributed by atoms with Gasteiger partial charge in [-0.1, -0.05) is 13.8 Å². The lowest BCUT2D eigenvalue weighted by Crippen LogP contribution is -2.52. The Morgan fingerprint density at radius 1 is 1.21 bits per heavy atom. The second-order valence-electron chi connectivity index (χ2n) is 5.62. The molecular formula is C11H21N3. The van der Waals surface area contributed by atoms with Crippen LogP contribution >= 0.6 is 0 Å². The fourth-order valence-electron chi connectivity index (χ4n) is 2.57. The highest BCUT2D eigenvalue weighted by molar-refractivity contribution is 5.80. The van der Waals surface area contributed by atoms with Crippen LogP contribution in [0.5, 0.6) is 0 Å². The summed E-state index contributed by atoms with van der Waals surface area (Å²) in [4.78, 5) is 6.56. The van der Waals surface area contributed by atoms with Gasteiger partial charge in [0.05, 0.1) is 12.1 Å². The molecule has 3 heteroatoms. The minimum atomic E-state index is 0.263. The van der Waals surface area contributed by atoms with Crippen LogP contribution < -0.4 is 5.73 Å². The Morgan fingerprint density at radius 2 is 1.79 bits per heavy atom. The Balaban J connectivity index is 2.08. The molecule has 0 unspecified atom stereocenters. The molecule has 0 saturated heterocycles. The van der Waals surface area contributed by atoms with Crippen molar-refractivity contribution in [1.29, 1.82) is 0 Å². The lowest BCUT2D eigenvalue weighted by Gasteiger charge is -2.45. The van der Waals surface area contributed by atoms with Gasteiger partial charge in [0, 0.05) is 7.05 Å². The van der Waals surface area contributed by atoms with E-state index in [1.807, 2.05) is 0 Å². The number of nitrogens with zero attached hydrogens (tertiary/aromatic N) is 2. The fourth-order valence-corrected chi connectivity index (χ4v) is 2.57. The second kappa shape index (κ2) is 2.88. The van der Waals surface area contributed by atoms with E-state index in [1.165, 1.54) is 25.7 Å². The van der Waals surface area contributed by atoms with Crippen molar-refractivity contribution in [3.8, 4) is 0 Å². The van der Waals surface area contributed by atoms with Gasteiger partial charge in [-0.25, -0.2) is 0 Å². The van der Waals surface area contributed by atoms with Gasteiger partial charge in [-0.3, -0.25) is 4.99 Å². The van der Waals surface area contributed by atoms with Crippen LogP contribution in [0.4, 0.5) is 0 Å². The number of guanidine groups is 1. The molecule has 0 amide bonds. The topological polar surface area (TPSA) is 41.6 Å². The third-order valence-corrected chi connectivity index (χ3v) is 4.12. The van der Waals surface area contributed by atoms with Crippen LogP contribution in [-0.4, -0.2) is 30.0 Å². The van der Waals surface area contributed by atoms with Gasteiger partial charge in [0.1, 0.15) is 0 Å². The van der Waals surface area contributed by atoms with Gasteiger partial charge in [0.25, 0.3) is 0 Å². The summed E-state index contributed by atoms with van der Waals surface area (Å²) >= 11 is 0. The molecule has 1 saturated carbocycles. The Hall–Kier alpha value is -0.730. The normalized spacial score (nSPS) is 29.4. The summed E-state index contributed by atoms with van der Waals surface area (Å²) < 4.78 is 0. The van der Waals surface area contributed by atoms with Crippen molar-refractivity contribution in [1.82, 2.24) is 4.90 Å². The first kappa shape index (κ1) is 9.81. The predicted octanol–water partition coefficient (Wildman–Crippen LogP) is 1.59. The lowest BCUT2D eigenvalue weighted by molar-refractivity contribution is 0.0976. The van der Waals surface area contributed by atoms with Crippen molar-refractivity contribution in [3.63, 3.8) is 0 Å². The Kier molecular flexibility index (Phi) is 2.02. The van der Waals surface area contributed by atoms with E-state index in [0.717, 1.165) is 12.5 Å². The number of likely N-dealkylation sites (N-methyl/N-ethyl adjacent to an activating group) is 1. The zero-order valence-electron chi connectivity index (χ0n) is 9.51. The number of aliphatic imine (C=N–C) groups is 1. The predicted molar refractivity (Wildman–Crippen MR) is 59.2 cm³/mol. The third kappa shape index (κ3) is 1.39. The Bertz CT molecular complexity index is 258. The van der Waals surface area contributed by atoms with Crippen molar-refractivity contribution in [2.45, 2.75) is 45.1 Å². The van der Waals surface area contributed by atoms with E-state index >= 15 is 0 Å².